The molecule has 0 aliphatic carbocycles. The van der Waals surface area contributed by atoms with Crippen LogP contribution in [-0.4, -0.2) is 27.3 Å². The molecular weight excluding hydrogens is 242 g/mol. The van der Waals surface area contributed by atoms with Crippen molar-refractivity contribution >= 4 is 5.91 Å². The number of amides is 1. The standard InChI is InChI=1S/C14H17N3O2/c18-13-4-2-12(3-5-13)6-9-15-14(19)7-11-17-10-1-8-16-17/h1-5,8,10,18H,6-7,9,11H2,(H,15,19). The first kappa shape index (κ1) is 13.1. The molecule has 19 heavy (non-hydrogen) atoms. The van der Waals surface area contributed by atoms with Crippen LogP contribution >= 0.6 is 0 Å². The molecule has 1 aromatic carbocycles. The third kappa shape index (κ3) is 4.46. The smallest absolute Gasteiger partial charge is 0.221 e. The first-order chi connectivity index (χ1) is 9.24. The third-order valence-electron chi connectivity index (χ3n) is 2.80. The summed E-state index contributed by atoms with van der Waals surface area (Å²) in [7, 11) is 0. The molecule has 0 aliphatic rings. The van der Waals surface area contributed by atoms with Crippen molar-refractivity contribution in [3.8, 4) is 5.75 Å². The van der Waals surface area contributed by atoms with E-state index in [0.29, 0.717) is 19.5 Å². The molecule has 0 saturated carbocycles. The summed E-state index contributed by atoms with van der Waals surface area (Å²) in [6.07, 6.45) is 4.72. The minimum atomic E-state index is 0.0225. The molecule has 0 bridgehead atoms. The highest BCUT2D eigenvalue weighted by Crippen LogP contribution is 2.09. The number of rotatable bonds is 6. The van der Waals surface area contributed by atoms with Crippen molar-refractivity contribution in [1.82, 2.24) is 15.1 Å². The van der Waals surface area contributed by atoms with Crippen LogP contribution in [0.25, 0.3) is 0 Å². The Hall–Kier alpha value is -2.30. The van der Waals surface area contributed by atoms with Gasteiger partial charge in [-0.05, 0) is 30.2 Å². The minimum Gasteiger partial charge on any atom is -0.508 e. The van der Waals surface area contributed by atoms with Crippen LogP contribution < -0.4 is 5.32 Å². The predicted octanol–water partition coefficient (Wildman–Crippen LogP) is 1.34. The maximum absolute atomic E-state index is 11.6. The van der Waals surface area contributed by atoms with Gasteiger partial charge >= 0.3 is 0 Å². The van der Waals surface area contributed by atoms with Crippen LogP contribution in [0, 0.1) is 0 Å². The van der Waals surface area contributed by atoms with Gasteiger partial charge in [0.05, 0.1) is 0 Å². The quantitative estimate of drug-likeness (QED) is 0.822. The van der Waals surface area contributed by atoms with Gasteiger partial charge in [0.15, 0.2) is 0 Å². The van der Waals surface area contributed by atoms with Gasteiger partial charge in [0.25, 0.3) is 0 Å². The number of nitrogens with zero attached hydrogens (tertiary/aromatic N) is 2. The summed E-state index contributed by atoms with van der Waals surface area (Å²) in [6, 6.07) is 8.84. The zero-order valence-corrected chi connectivity index (χ0v) is 10.6. The number of hydrogen-bond acceptors (Lipinski definition) is 3. The molecule has 0 aliphatic heterocycles. The van der Waals surface area contributed by atoms with E-state index in [1.54, 1.807) is 23.0 Å². The Morgan fingerprint density at radius 1 is 1.32 bits per heavy atom. The maximum Gasteiger partial charge on any atom is 0.221 e. The lowest BCUT2D eigenvalue weighted by atomic mass is 10.1. The first-order valence-electron chi connectivity index (χ1n) is 6.26. The van der Waals surface area contributed by atoms with Gasteiger partial charge in [-0.3, -0.25) is 9.48 Å². The van der Waals surface area contributed by atoms with Crippen molar-refractivity contribution in [3.63, 3.8) is 0 Å². The molecule has 0 spiro atoms. The number of carbonyl (C=O) groups excluding carboxylic acids is 1. The van der Waals surface area contributed by atoms with Crippen LogP contribution in [0.4, 0.5) is 0 Å². The van der Waals surface area contributed by atoms with E-state index in [0.717, 1.165) is 12.0 Å². The summed E-state index contributed by atoms with van der Waals surface area (Å²) >= 11 is 0. The fourth-order valence-corrected chi connectivity index (χ4v) is 1.75. The average molecular weight is 259 g/mol. The van der Waals surface area contributed by atoms with Crippen molar-refractivity contribution in [1.29, 1.82) is 0 Å². The fourth-order valence-electron chi connectivity index (χ4n) is 1.75. The Morgan fingerprint density at radius 3 is 2.79 bits per heavy atom. The Labute approximate surface area is 111 Å². The highest BCUT2D eigenvalue weighted by Gasteiger charge is 2.01. The number of nitrogens with one attached hydrogen (secondary N) is 1. The Balaban J connectivity index is 1.65. The summed E-state index contributed by atoms with van der Waals surface area (Å²) in [6.45, 7) is 1.20. The third-order valence-corrected chi connectivity index (χ3v) is 2.80. The topological polar surface area (TPSA) is 67.2 Å². The van der Waals surface area contributed by atoms with Crippen LogP contribution in [-0.2, 0) is 17.8 Å². The van der Waals surface area contributed by atoms with Gasteiger partial charge in [0, 0.05) is 31.9 Å². The molecule has 2 aromatic rings. The van der Waals surface area contributed by atoms with Gasteiger partial charge in [0.1, 0.15) is 5.75 Å². The van der Waals surface area contributed by atoms with E-state index in [9.17, 15) is 4.79 Å². The van der Waals surface area contributed by atoms with E-state index in [-0.39, 0.29) is 11.7 Å². The Morgan fingerprint density at radius 2 is 2.11 bits per heavy atom. The summed E-state index contributed by atoms with van der Waals surface area (Å²) in [5.74, 6) is 0.279. The fraction of sp³-hybridized carbons (Fsp3) is 0.286. The van der Waals surface area contributed by atoms with Crippen LogP contribution in [0.15, 0.2) is 42.7 Å². The predicted molar refractivity (Wildman–Crippen MR) is 71.7 cm³/mol. The number of hydrogen-bond donors (Lipinski definition) is 2. The molecule has 0 fully saturated rings. The second kappa shape index (κ2) is 6.58. The van der Waals surface area contributed by atoms with E-state index in [4.69, 9.17) is 5.11 Å². The van der Waals surface area contributed by atoms with Crippen LogP contribution in [0.3, 0.4) is 0 Å². The molecule has 5 nitrogen and oxygen atoms in total. The van der Waals surface area contributed by atoms with Gasteiger partial charge in [-0.2, -0.15) is 5.10 Å². The second-order valence-corrected chi connectivity index (χ2v) is 4.29. The molecule has 1 amide bonds. The normalized spacial score (nSPS) is 10.3. The molecule has 1 heterocycles. The number of benzene rings is 1. The largest absolute Gasteiger partial charge is 0.508 e. The van der Waals surface area contributed by atoms with Crippen molar-refractivity contribution in [2.45, 2.75) is 19.4 Å². The lowest BCUT2D eigenvalue weighted by Gasteiger charge is -2.05. The summed E-state index contributed by atoms with van der Waals surface area (Å²) in [5.41, 5.74) is 1.09. The van der Waals surface area contributed by atoms with Crippen LogP contribution in [0.1, 0.15) is 12.0 Å². The van der Waals surface area contributed by atoms with E-state index in [2.05, 4.69) is 10.4 Å². The van der Waals surface area contributed by atoms with Gasteiger partial charge in [-0.1, -0.05) is 12.1 Å². The Kier molecular flexibility index (Phi) is 4.55. The zero-order valence-electron chi connectivity index (χ0n) is 10.6. The highest BCUT2D eigenvalue weighted by atomic mass is 16.3. The summed E-state index contributed by atoms with van der Waals surface area (Å²) < 4.78 is 1.74. The monoisotopic (exact) mass is 259 g/mol. The summed E-state index contributed by atoms with van der Waals surface area (Å²) in [4.78, 5) is 11.6. The van der Waals surface area contributed by atoms with Crippen LogP contribution in [0.2, 0.25) is 0 Å². The molecule has 0 saturated heterocycles. The number of carbonyl (C=O) groups is 1. The molecule has 0 unspecified atom stereocenters. The number of aryl methyl sites for hydroxylation is 1. The van der Waals surface area contributed by atoms with E-state index < -0.39 is 0 Å². The highest BCUT2D eigenvalue weighted by molar-refractivity contribution is 5.75. The van der Waals surface area contributed by atoms with E-state index >= 15 is 0 Å². The Bertz CT molecular complexity index is 506. The number of aromatic nitrogens is 2. The first-order valence-corrected chi connectivity index (χ1v) is 6.26. The van der Waals surface area contributed by atoms with E-state index in [1.165, 1.54) is 0 Å². The van der Waals surface area contributed by atoms with Gasteiger partial charge < -0.3 is 10.4 Å². The molecule has 100 valence electrons. The van der Waals surface area contributed by atoms with Gasteiger partial charge in [-0.25, -0.2) is 0 Å². The number of phenolic OH excluding ortho intramolecular Hbond substituents is 1. The molecule has 0 radical (unpaired) electrons. The molecule has 5 heteroatoms. The average Bonchev–Trinajstić information content (AvgIpc) is 2.92. The number of aromatic hydroxyl groups is 1. The van der Waals surface area contributed by atoms with Crippen molar-refractivity contribution in [2.24, 2.45) is 0 Å². The molecule has 1 aromatic heterocycles. The van der Waals surface area contributed by atoms with Crippen molar-refractivity contribution in [2.75, 3.05) is 6.54 Å². The molecule has 0 atom stereocenters. The lowest BCUT2D eigenvalue weighted by molar-refractivity contribution is -0.121. The minimum absolute atomic E-state index is 0.0225. The SMILES string of the molecule is O=C(CCn1cccn1)NCCc1ccc(O)cc1. The maximum atomic E-state index is 11.6. The second-order valence-electron chi connectivity index (χ2n) is 4.29. The molecule has 2 N–H and O–H groups in total. The van der Waals surface area contributed by atoms with Gasteiger partial charge in [0.2, 0.25) is 5.91 Å². The summed E-state index contributed by atoms with van der Waals surface area (Å²) in [5, 5.41) is 16.1. The van der Waals surface area contributed by atoms with Gasteiger partial charge in [-0.15, -0.1) is 0 Å². The molecular formula is C14H17N3O2. The molecule has 2 rings (SSSR count). The number of phenols is 1. The van der Waals surface area contributed by atoms with Crippen molar-refractivity contribution < 1.29 is 9.90 Å². The van der Waals surface area contributed by atoms with E-state index in [1.807, 2.05) is 24.4 Å². The van der Waals surface area contributed by atoms with Crippen LogP contribution in [0.5, 0.6) is 5.75 Å². The lowest BCUT2D eigenvalue weighted by Crippen LogP contribution is -2.26. The van der Waals surface area contributed by atoms with Crippen molar-refractivity contribution in [3.05, 3.63) is 48.3 Å². The zero-order chi connectivity index (χ0) is 13.5.